The summed E-state index contributed by atoms with van der Waals surface area (Å²) in [7, 11) is 0. The van der Waals surface area contributed by atoms with E-state index in [9.17, 15) is 4.79 Å². The molecule has 2 N–H and O–H groups in total. The smallest absolute Gasteiger partial charge is 0.308 e. The predicted octanol–water partition coefficient (Wildman–Crippen LogP) is 0.282. The van der Waals surface area contributed by atoms with Crippen molar-refractivity contribution in [3.8, 4) is 11.3 Å². The van der Waals surface area contributed by atoms with E-state index >= 15 is 0 Å². The van der Waals surface area contributed by atoms with Crippen LogP contribution in [0, 0.1) is 0 Å². The van der Waals surface area contributed by atoms with Crippen LogP contribution >= 0.6 is 11.3 Å². The zero-order valence-electron chi connectivity index (χ0n) is 13.0. The Labute approximate surface area is 159 Å². The first kappa shape index (κ1) is 18.8. The number of carbonyl (C=O) groups is 1. The van der Waals surface area contributed by atoms with Gasteiger partial charge in [0, 0.05) is 22.8 Å². The number of benzene rings is 1. The molecule has 0 saturated heterocycles. The van der Waals surface area contributed by atoms with Crippen LogP contribution < -0.4 is 22.4 Å². The summed E-state index contributed by atoms with van der Waals surface area (Å²) in [6.07, 6.45) is 4.95. The van der Waals surface area contributed by atoms with Crippen molar-refractivity contribution in [3.63, 3.8) is 0 Å². The molecular weight excluding hydrogens is 404 g/mol. The molecule has 0 bridgehead atoms. The molecule has 3 aromatic rings. The van der Waals surface area contributed by atoms with Gasteiger partial charge in [0.15, 0.2) is 0 Å². The number of hydrogen-bond acceptors (Lipinski definition) is 6. The standard InChI is InChI=1S/C17H14N4O2S.BrH/c22-15(23)10-14-16(13-4-2-1-3-5-13)20-17(24-14)21-19-11-12-6-8-18-9-7-12;/h1-9,11H,10H2,(H,20,21)(H,22,23);1H/p-1. The van der Waals surface area contributed by atoms with E-state index in [4.69, 9.17) is 5.11 Å². The van der Waals surface area contributed by atoms with Gasteiger partial charge in [-0.15, -0.1) is 0 Å². The van der Waals surface area contributed by atoms with Gasteiger partial charge in [-0.05, 0) is 17.7 Å². The van der Waals surface area contributed by atoms with Crippen molar-refractivity contribution in [3.05, 3.63) is 65.3 Å². The fourth-order valence-electron chi connectivity index (χ4n) is 2.09. The number of pyridine rings is 1. The van der Waals surface area contributed by atoms with Crippen molar-refractivity contribution in [1.29, 1.82) is 0 Å². The van der Waals surface area contributed by atoms with Crippen molar-refractivity contribution in [2.75, 3.05) is 5.43 Å². The average Bonchev–Trinajstić information content (AvgIpc) is 2.98. The van der Waals surface area contributed by atoms with Crippen LogP contribution in [0.25, 0.3) is 11.3 Å². The van der Waals surface area contributed by atoms with E-state index in [-0.39, 0.29) is 23.4 Å². The van der Waals surface area contributed by atoms with Gasteiger partial charge in [0.05, 0.1) is 18.3 Å². The largest absolute Gasteiger partial charge is 1.00 e. The van der Waals surface area contributed by atoms with Crippen LogP contribution in [0.5, 0.6) is 0 Å². The molecule has 3 rings (SSSR count). The Hall–Kier alpha value is -2.58. The number of aliphatic carboxylic acids is 1. The van der Waals surface area contributed by atoms with Gasteiger partial charge in [-0.1, -0.05) is 41.7 Å². The minimum absolute atomic E-state index is 0. The number of carboxylic acid groups (broad SMARTS) is 1. The lowest BCUT2D eigenvalue weighted by Gasteiger charge is -1.99. The molecule has 0 amide bonds. The second-order valence-electron chi connectivity index (χ2n) is 4.88. The number of nitrogens with one attached hydrogen (secondary N) is 1. The third kappa shape index (κ3) is 5.20. The van der Waals surface area contributed by atoms with Crippen molar-refractivity contribution >= 4 is 28.7 Å². The van der Waals surface area contributed by atoms with Gasteiger partial charge in [-0.3, -0.25) is 15.2 Å². The van der Waals surface area contributed by atoms with E-state index in [0.717, 1.165) is 11.1 Å². The number of halogens is 1. The van der Waals surface area contributed by atoms with Crippen LogP contribution in [0.4, 0.5) is 5.13 Å². The van der Waals surface area contributed by atoms with Crippen LogP contribution in [-0.2, 0) is 11.2 Å². The zero-order chi connectivity index (χ0) is 16.8. The molecule has 25 heavy (non-hydrogen) atoms. The van der Waals surface area contributed by atoms with Crippen molar-refractivity contribution < 1.29 is 26.9 Å². The molecule has 2 aromatic heterocycles. The van der Waals surface area contributed by atoms with Gasteiger partial charge in [-0.25, -0.2) is 4.98 Å². The first-order valence-electron chi connectivity index (χ1n) is 7.18. The normalized spacial score (nSPS) is 10.4. The lowest BCUT2D eigenvalue weighted by atomic mass is 10.1. The third-order valence-electron chi connectivity index (χ3n) is 3.14. The summed E-state index contributed by atoms with van der Waals surface area (Å²) in [5, 5.41) is 13.8. The third-order valence-corrected chi connectivity index (χ3v) is 4.10. The number of aromatic nitrogens is 2. The highest BCUT2D eigenvalue weighted by atomic mass is 79.9. The Morgan fingerprint density at radius 2 is 1.92 bits per heavy atom. The highest BCUT2D eigenvalue weighted by Crippen LogP contribution is 2.31. The molecule has 0 aliphatic carbocycles. The molecule has 2 heterocycles. The Balaban J connectivity index is 0.00000225. The molecule has 0 aliphatic heterocycles. The monoisotopic (exact) mass is 417 g/mol. The molecule has 128 valence electrons. The number of carboxylic acids is 1. The van der Waals surface area contributed by atoms with Gasteiger partial charge < -0.3 is 22.1 Å². The van der Waals surface area contributed by atoms with E-state index in [0.29, 0.717) is 15.7 Å². The Morgan fingerprint density at radius 3 is 2.60 bits per heavy atom. The van der Waals surface area contributed by atoms with E-state index in [1.807, 2.05) is 42.5 Å². The summed E-state index contributed by atoms with van der Waals surface area (Å²) in [5.41, 5.74) is 5.32. The quantitative estimate of drug-likeness (QED) is 0.444. The van der Waals surface area contributed by atoms with E-state index in [2.05, 4.69) is 20.5 Å². The van der Waals surface area contributed by atoms with Gasteiger partial charge >= 0.3 is 5.97 Å². The van der Waals surface area contributed by atoms with Crippen LogP contribution in [0.3, 0.4) is 0 Å². The Bertz CT molecular complexity index is 854. The second kappa shape index (κ2) is 9.05. The predicted molar refractivity (Wildman–Crippen MR) is 94.3 cm³/mol. The van der Waals surface area contributed by atoms with Crippen LogP contribution in [0.2, 0.25) is 0 Å². The molecule has 0 unspecified atom stereocenters. The molecule has 0 fully saturated rings. The maximum absolute atomic E-state index is 11.1. The number of nitrogens with zero attached hydrogens (tertiary/aromatic N) is 3. The fourth-order valence-corrected chi connectivity index (χ4v) is 3.01. The number of hydrazone groups is 1. The number of hydrogen-bond donors (Lipinski definition) is 2. The van der Waals surface area contributed by atoms with Crippen molar-refractivity contribution in [1.82, 2.24) is 9.97 Å². The summed E-state index contributed by atoms with van der Waals surface area (Å²) in [4.78, 5) is 20.2. The van der Waals surface area contributed by atoms with Crippen molar-refractivity contribution in [2.24, 2.45) is 5.10 Å². The number of thiazole rings is 1. The molecule has 8 heteroatoms. The highest BCUT2D eigenvalue weighted by molar-refractivity contribution is 7.16. The van der Waals surface area contributed by atoms with Gasteiger partial charge in [0.1, 0.15) is 0 Å². The van der Waals surface area contributed by atoms with E-state index in [1.54, 1.807) is 18.6 Å². The lowest BCUT2D eigenvalue weighted by molar-refractivity contribution is -0.136. The maximum Gasteiger partial charge on any atom is 0.308 e. The molecule has 0 radical (unpaired) electrons. The van der Waals surface area contributed by atoms with Crippen molar-refractivity contribution in [2.45, 2.75) is 6.42 Å². The zero-order valence-corrected chi connectivity index (χ0v) is 15.4. The topological polar surface area (TPSA) is 87.5 Å². The first-order valence-corrected chi connectivity index (χ1v) is 8.00. The van der Waals surface area contributed by atoms with Gasteiger partial charge in [0.25, 0.3) is 0 Å². The van der Waals surface area contributed by atoms with Crippen LogP contribution in [0.1, 0.15) is 10.4 Å². The molecule has 6 nitrogen and oxygen atoms in total. The SMILES string of the molecule is O=C(O)Cc1sc(NN=Cc2ccncc2)nc1-c1ccccc1.[Br-]. The maximum atomic E-state index is 11.1. The number of rotatable bonds is 6. The second-order valence-corrected chi connectivity index (χ2v) is 5.96. The van der Waals surface area contributed by atoms with Crippen LogP contribution in [0.15, 0.2) is 60.0 Å². The van der Waals surface area contributed by atoms with Crippen LogP contribution in [-0.4, -0.2) is 27.3 Å². The number of anilines is 1. The van der Waals surface area contributed by atoms with E-state index < -0.39 is 5.97 Å². The summed E-state index contributed by atoms with van der Waals surface area (Å²) < 4.78 is 0. The minimum Gasteiger partial charge on any atom is -1.00 e. The molecule has 0 saturated carbocycles. The molecule has 1 aromatic carbocycles. The molecular formula is C17H14BrN4O2S-. The summed E-state index contributed by atoms with van der Waals surface area (Å²) in [6.45, 7) is 0. The summed E-state index contributed by atoms with van der Waals surface area (Å²) in [6, 6.07) is 13.2. The van der Waals surface area contributed by atoms with Gasteiger partial charge in [-0.2, -0.15) is 5.10 Å². The molecule has 0 spiro atoms. The Morgan fingerprint density at radius 1 is 1.20 bits per heavy atom. The molecule has 0 aliphatic rings. The first-order chi connectivity index (χ1) is 11.7. The summed E-state index contributed by atoms with van der Waals surface area (Å²) >= 11 is 1.29. The molecule has 0 atom stereocenters. The van der Waals surface area contributed by atoms with Gasteiger partial charge in [0.2, 0.25) is 5.13 Å². The van der Waals surface area contributed by atoms with E-state index in [1.165, 1.54) is 11.3 Å². The fraction of sp³-hybridized carbons (Fsp3) is 0.0588. The average molecular weight is 418 g/mol. The lowest BCUT2D eigenvalue weighted by Crippen LogP contribution is -3.00. The minimum atomic E-state index is -0.886. The highest BCUT2D eigenvalue weighted by Gasteiger charge is 2.15. The summed E-state index contributed by atoms with van der Waals surface area (Å²) in [5.74, 6) is -0.886. The Kier molecular flexibility index (Phi) is 6.79.